The fourth-order valence-corrected chi connectivity index (χ4v) is 0.827. The number of ether oxygens (including phenoxy) is 1. The molecule has 0 aliphatic rings. The minimum atomic E-state index is 0.578. The van der Waals surface area contributed by atoms with E-state index in [1.54, 1.807) is 0 Å². The molecule has 0 aromatic heterocycles. The summed E-state index contributed by atoms with van der Waals surface area (Å²) in [4.78, 5) is 0. The predicted octanol–water partition coefficient (Wildman–Crippen LogP) is 1.87. The second kappa shape index (κ2) is 8.92. The summed E-state index contributed by atoms with van der Waals surface area (Å²) < 4.78 is 5.17. The third-order valence-corrected chi connectivity index (χ3v) is 1.42. The molecule has 0 saturated heterocycles. The molecular weight excluding hydrogens is 126 g/mol. The molecule has 1 radical (unpaired) electrons. The lowest BCUT2D eigenvalue weighted by molar-refractivity contribution is 0.143. The van der Waals surface area contributed by atoms with Crippen LogP contribution in [-0.4, -0.2) is 19.8 Å². The first-order valence-electron chi connectivity index (χ1n) is 4.14. The van der Waals surface area contributed by atoms with Crippen LogP contribution in [0, 0.1) is 0 Å². The predicted molar refractivity (Wildman–Crippen MR) is 42.9 cm³/mol. The average Bonchev–Trinajstić information content (AvgIpc) is 1.97. The van der Waals surface area contributed by atoms with E-state index < -0.39 is 0 Å². The average molecular weight is 144 g/mol. The minimum absolute atomic E-state index is 0.578. The van der Waals surface area contributed by atoms with Crippen molar-refractivity contribution in [3.63, 3.8) is 0 Å². The zero-order valence-corrected chi connectivity index (χ0v) is 6.86. The molecule has 0 heterocycles. The first-order chi connectivity index (χ1) is 4.91. The van der Waals surface area contributed by atoms with Crippen molar-refractivity contribution in [2.45, 2.75) is 32.6 Å². The van der Waals surface area contributed by atoms with Crippen LogP contribution in [0.15, 0.2) is 0 Å². The largest absolute Gasteiger partial charge is 0.382 e. The van der Waals surface area contributed by atoms with E-state index in [4.69, 9.17) is 10.5 Å². The van der Waals surface area contributed by atoms with Crippen molar-refractivity contribution >= 4 is 0 Å². The normalized spacial score (nSPS) is 10.2. The Kier molecular flexibility index (Phi) is 8.85. The molecule has 61 valence electrons. The van der Waals surface area contributed by atoms with E-state index in [-0.39, 0.29) is 0 Å². The first-order valence-corrected chi connectivity index (χ1v) is 4.14. The lowest BCUT2D eigenvalue weighted by Gasteiger charge is -1.99. The summed E-state index contributed by atoms with van der Waals surface area (Å²) in [6.07, 6.45) is 4.62. The highest BCUT2D eigenvalue weighted by Crippen LogP contribution is 1.98. The molecule has 10 heavy (non-hydrogen) atoms. The van der Waals surface area contributed by atoms with E-state index in [2.05, 4.69) is 0 Å². The van der Waals surface area contributed by atoms with Gasteiger partial charge < -0.3 is 4.74 Å². The lowest BCUT2D eigenvalue weighted by atomic mass is 10.2. The lowest BCUT2D eigenvalue weighted by Crippen LogP contribution is -1.93. The molecule has 0 fully saturated rings. The van der Waals surface area contributed by atoms with Gasteiger partial charge in [-0.25, -0.2) is 0 Å². The van der Waals surface area contributed by atoms with Crippen LogP contribution < -0.4 is 5.73 Å². The Bertz CT molecular complexity index is 49.2. The molecule has 0 rings (SSSR count). The molecule has 0 aliphatic carbocycles. The molecule has 0 aromatic rings. The van der Waals surface area contributed by atoms with Crippen LogP contribution in [-0.2, 0) is 4.74 Å². The Hall–Kier alpha value is -0.0800. The van der Waals surface area contributed by atoms with Crippen LogP contribution in [0.3, 0.4) is 0 Å². The minimum Gasteiger partial charge on any atom is -0.382 e. The van der Waals surface area contributed by atoms with Gasteiger partial charge in [-0.2, -0.15) is 0 Å². The second-order valence-electron chi connectivity index (χ2n) is 2.36. The fraction of sp³-hybridized carbons (Fsp3) is 1.00. The number of hydrogen-bond donors (Lipinski definition) is 0. The number of hydrogen-bond acceptors (Lipinski definition) is 1. The molecule has 1 N–H and O–H groups in total. The third-order valence-electron chi connectivity index (χ3n) is 1.42. The van der Waals surface area contributed by atoms with Gasteiger partial charge in [0, 0.05) is 19.8 Å². The van der Waals surface area contributed by atoms with Crippen LogP contribution in [0.1, 0.15) is 32.6 Å². The highest BCUT2D eigenvalue weighted by Gasteiger charge is 1.87. The van der Waals surface area contributed by atoms with E-state index in [1.165, 1.54) is 12.8 Å². The van der Waals surface area contributed by atoms with Crippen molar-refractivity contribution in [3.05, 3.63) is 0 Å². The van der Waals surface area contributed by atoms with Crippen LogP contribution >= 0.6 is 0 Å². The Balaban J connectivity index is 2.65. The van der Waals surface area contributed by atoms with E-state index in [9.17, 15) is 0 Å². The van der Waals surface area contributed by atoms with Gasteiger partial charge in [-0.3, -0.25) is 5.73 Å². The van der Waals surface area contributed by atoms with Gasteiger partial charge in [0.25, 0.3) is 0 Å². The molecule has 0 atom stereocenters. The molecule has 0 bridgehead atoms. The SMILES string of the molecule is CCOCCCCCC[NH]. The zero-order valence-electron chi connectivity index (χ0n) is 6.86. The maximum Gasteiger partial charge on any atom is 0.0465 e. The first kappa shape index (κ1) is 9.92. The Morgan fingerprint density at radius 1 is 1.10 bits per heavy atom. The van der Waals surface area contributed by atoms with Crippen molar-refractivity contribution in [1.82, 2.24) is 5.73 Å². The maximum atomic E-state index is 6.89. The molecule has 0 saturated carbocycles. The van der Waals surface area contributed by atoms with E-state index in [0.29, 0.717) is 6.54 Å². The third kappa shape index (κ3) is 7.92. The summed E-state index contributed by atoms with van der Waals surface area (Å²) in [6, 6.07) is 0. The number of rotatable bonds is 7. The van der Waals surface area contributed by atoms with Gasteiger partial charge in [0.15, 0.2) is 0 Å². The molecule has 0 aliphatic heterocycles. The Labute approximate surface area is 63.7 Å². The number of nitrogens with one attached hydrogen (secondary N) is 1. The van der Waals surface area contributed by atoms with Crippen molar-refractivity contribution in [2.75, 3.05) is 19.8 Å². The van der Waals surface area contributed by atoms with Crippen molar-refractivity contribution < 1.29 is 4.74 Å². The molecule has 2 heteroatoms. The van der Waals surface area contributed by atoms with Crippen molar-refractivity contribution in [1.29, 1.82) is 0 Å². The Morgan fingerprint density at radius 2 is 1.80 bits per heavy atom. The topological polar surface area (TPSA) is 33.0 Å². The van der Waals surface area contributed by atoms with Gasteiger partial charge in [-0.05, 0) is 19.8 Å². The van der Waals surface area contributed by atoms with Crippen molar-refractivity contribution in [2.24, 2.45) is 0 Å². The fourth-order valence-electron chi connectivity index (χ4n) is 0.827. The Morgan fingerprint density at radius 3 is 2.40 bits per heavy atom. The van der Waals surface area contributed by atoms with Gasteiger partial charge in [0.1, 0.15) is 0 Å². The maximum absolute atomic E-state index is 6.89. The molecule has 0 spiro atoms. The van der Waals surface area contributed by atoms with E-state index >= 15 is 0 Å². The molecule has 0 amide bonds. The van der Waals surface area contributed by atoms with Gasteiger partial charge in [-0.1, -0.05) is 12.8 Å². The van der Waals surface area contributed by atoms with Crippen LogP contribution in [0.25, 0.3) is 0 Å². The molecule has 0 aromatic carbocycles. The summed E-state index contributed by atoms with van der Waals surface area (Å²) in [5.74, 6) is 0. The monoisotopic (exact) mass is 144 g/mol. The van der Waals surface area contributed by atoms with E-state index in [1.807, 2.05) is 6.92 Å². The smallest absolute Gasteiger partial charge is 0.0465 e. The summed E-state index contributed by atoms with van der Waals surface area (Å²) in [5.41, 5.74) is 6.89. The number of unbranched alkanes of at least 4 members (excludes halogenated alkanes) is 3. The molecule has 0 unspecified atom stereocenters. The van der Waals surface area contributed by atoms with Crippen LogP contribution in [0.4, 0.5) is 0 Å². The zero-order chi connectivity index (χ0) is 7.66. The quantitative estimate of drug-likeness (QED) is 0.502. The summed E-state index contributed by atoms with van der Waals surface area (Å²) in [7, 11) is 0. The molecular formula is C8H18NO. The van der Waals surface area contributed by atoms with Crippen molar-refractivity contribution in [3.8, 4) is 0 Å². The standard InChI is InChI=1S/C8H18NO/c1-2-10-8-6-4-3-5-7-9/h9H,2-8H2,1H3. The molecule has 2 nitrogen and oxygen atoms in total. The summed E-state index contributed by atoms with van der Waals surface area (Å²) in [6.45, 7) is 4.32. The van der Waals surface area contributed by atoms with Crippen LogP contribution in [0.2, 0.25) is 0 Å². The van der Waals surface area contributed by atoms with Gasteiger partial charge >= 0.3 is 0 Å². The van der Waals surface area contributed by atoms with Gasteiger partial charge in [0.2, 0.25) is 0 Å². The van der Waals surface area contributed by atoms with Crippen LogP contribution in [0.5, 0.6) is 0 Å². The summed E-state index contributed by atoms with van der Waals surface area (Å²) in [5, 5.41) is 0. The highest BCUT2D eigenvalue weighted by molar-refractivity contribution is 4.42. The second-order valence-corrected chi connectivity index (χ2v) is 2.36. The van der Waals surface area contributed by atoms with E-state index in [0.717, 1.165) is 26.1 Å². The highest BCUT2D eigenvalue weighted by atomic mass is 16.5. The summed E-state index contributed by atoms with van der Waals surface area (Å²) >= 11 is 0. The van der Waals surface area contributed by atoms with Gasteiger partial charge in [-0.15, -0.1) is 0 Å². The van der Waals surface area contributed by atoms with Gasteiger partial charge in [0.05, 0.1) is 0 Å².